The molecular weight excluding hydrogens is 668 g/mol. The first kappa shape index (κ1) is 40.6. The van der Waals surface area contributed by atoms with Gasteiger partial charge in [-0.05, 0) is 19.1 Å². The van der Waals surface area contributed by atoms with Crippen LogP contribution in [0.5, 0.6) is 0 Å². The number of rotatable bonds is 7. The SMILES string of the molecule is C=C1[C@H](OC(C)=O)[C@H](OC(C)=O)[C@H](OC(C)=O)C(C)(C)C=C[C@@H](C)C(=O)[C@]2(OC(C)=O)C[C@](C)(O)[C@@H](OC(C)=O)[C@H]2[C@H]1OC(=O)c1ccccc1. The predicted octanol–water partition coefficient (Wildman–Crippen LogP) is 3.37. The molecular formula is C37H46O14. The Morgan fingerprint density at radius 3 is 1.78 bits per heavy atom. The number of esters is 6. The number of ketones is 1. The maximum atomic E-state index is 14.8. The molecule has 0 unspecified atom stereocenters. The lowest BCUT2D eigenvalue weighted by Crippen LogP contribution is -2.59. The van der Waals surface area contributed by atoms with Crippen LogP contribution in [0.2, 0.25) is 0 Å². The van der Waals surface area contributed by atoms with Crippen molar-refractivity contribution in [3.63, 3.8) is 0 Å². The van der Waals surface area contributed by atoms with E-state index in [1.165, 1.54) is 38.1 Å². The number of benzene rings is 1. The van der Waals surface area contributed by atoms with Gasteiger partial charge < -0.3 is 33.5 Å². The lowest BCUT2D eigenvalue weighted by atomic mass is 9.72. The minimum absolute atomic E-state index is 0.0189. The average molecular weight is 715 g/mol. The second-order valence-corrected chi connectivity index (χ2v) is 13.8. The molecule has 9 atom stereocenters. The lowest BCUT2D eigenvalue weighted by molar-refractivity contribution is -0.192. The zero-order valence-electron chi connectivity index (χ0n) is 30.3. The second kappa shape index (κ2) is 15.6. The van der Waals surface area contributed by atoms with E-state index >= 15 is 0 Å². The number of hydrogen-bond acceptors (Lipinski definition) is 14. The summed E-state index contributed by atoms with van der Waals surface area (Å²) in [5, 5.41) is 11.9. The molecule has 0 saturated heterocycles. The highest BCUT2D eigenvalue weighted by Gasteiger charge is 2.70. The quantitative estimate of drug-likeness (QED) is 0.245. The van der Waals surface area contributed by atoms with Crippen LogP contribution in [0.15, 0.2) is 54.6 Å². The van der Waals surface area contributed by atoms with Gasteiger partial charge in [0.2, 0.25) is 0 Å². The van der Waals surface area contributed by atoms with Gasteiger partial charge in [0.15, 0.2) is 29.7 Å². The van der Waals surface area contributed by atoms with E-state index in [2.05, 4.69) is 6.58 Å². The summed E-state index contributed by atoms with van der Waals surface area (Å²) in [5.41, 5.74) is -6.07. The molecule has 1 fully saturated rings. The van der Waals surface area contributed by atoms with Crippen molar-refractivity contribution >= 4 is 41.6 Å². The van der Waals surface area contributed by atoms with Gasteiger partial charge in [-0.25, -0.2) is 4.79 Å². The van der Waals surface area contributed by atoms with E-state index in [0.29, 0.717) is 0 Å². The molecule has 0 aliphatic heterocycles. The Morgan fingerprint density at radius 2 is 1.27 bits per heavy atom. The van der Waals surface area contributed by atoms with Crippen LogP contribution >= 0.6 is 0 Å². The number of aliphatic hydroxyl groups is 1. The average Bonchev–Trinajstić information content (AvgIpc) is 3.22. The summed E-state index contributed by atoms with van der Waals surface area (Å²) in [7, 11) is 0. The van der Waals surface area contributed by atoms with Gasteiger partial charge in [-0.1, -0.05) is 57.7 Å². The van der Waals surface area contributed by atoms with Gasteiger partial charge in [-0.3, -0.25) is 28.8 Å². The van der Waals surface area contributed by atoms with Crippen molar-refractivity contribution in [3.8, 4) is 0 Å². The van der Waals surface area contributed by atoms with Gasteiger partial charge in [0.05, 0.1) is 11.5 Å². The minimum atomic E-state index is -2.36. The van der Waals surface area contributed by atoms with Crippen LogP contribution in [0.3, 0.4) is 0 Å². The second-order valence-electron chi connectivity index (χ2n) is 13.8. The molecule has 3 rings (SSSR count). The molecule has 0 heterocycles. The topological polar surface area (TPSA) is 195 Å². The standard InChI is InChI=1S/C37H46O14/c1-19-16-17-35(8,9)33(49-24(6)41)30(47-22(4)39)29(46-21(3)38)20(2)28(50-34(44)26-14-12-11-13-15-26)27-32(48-23(5)40)36(10,45)18-37(27,31(19)43)51-25(7)42/h11-17,19,27-30,32-33,45H,2,18H2,1,3-10H3/t19-,27-,28+,29+,30+,32+,33+,36+,37+/m1/s1. The van der Waals surface area contributed by atoms with E-state index in [0.717, 1.165) is 34.6 Å². The zero-order valence-corrected chi connectivity index (χ0v) is 30.3. The van der Waals surface area contributed by atoms with E-state index < -0.39 is 107 Å². The number of allylic oxidation sites excluding steroid dienone is 1. The Labute approximate surface area is 296 Å². The Kier molecular flexibility index (Phi) is 12.4. The number of fused-ring (bicyclic) bond motifs is 1. The van der Waals surface area contributed by atoms with Crippen LogP contribution in [0.25, 0.3) is 0 Å². The van der Waals surface area contributed by atoms with Crippen molar-refractivity contribution in [2.75, 3.05) is 0 Å². The lowest BCUT2D eigenvalue weighted by Gasteiger charge is -2.44. The van der Waals surface area contributed by atoms with Gasteiger partial charge in [-0.15, -0.1) is 0 Å². The molecule has 14 heteroatoms. The van der Waals surface area contributed by atoms with Crippen molar-refractivity contribution in [1.29, 1.82) is 0 Å². The molecule has 0 bridgehead atoms. The summed E-state index contributed by atoms with van der Waals surface area (Å²) in [6.45, 7) is 15.4. The number of Topliss-reactive ketones (excluding diaryl/α,β-unsaturated/α-hetero) is 1. The van der Waals surface area contributed by atoms with Crippen molar-refractivity contribution in [2.45, 2.75) is 110 Å². The molecule has 51 heavy (non-hydrogen) atoms. The normalized spacial score (nSPS) is 31.8. The number of ether oxygens (including phenoxy) is 6. The Balaban J connectivity index is 2.56. The monoisotopic (exact) mass is 714 g/mol. The van der Waals surface area contributed by atoms with Crippen LogP contribution in [0, 0.1) is 17.3 Å². The van der Waals surface area contributed by atoms with E-state index in [1.54, 1.807) is 32.0 Å². The van der Waals surface area contributed by atoms with Crippen LogP contribution in [0.1, 0.15) is 79.1 Å². The number of carbonyl (C=O) groups is 7. The smallest absolute Gasteiger partial charge is 0.338 e. The van der Waals surface area contributed by atoms with E-state index in [-0.39, 0.29) is 11.1 Å². The molecule has 2 aliphatic rings. The Morgan fingerprint density at radius 1 is 0.745 bits per heavy atom. The third-order valence-electron chi connectivity index (χ3n) is 8.88. The summed E-state index contributed by atoms with van der Waals surface area (Å²) < 4.78 is 34.8. The minimum Gasteiger partial charge on any atom is -0.459 e. The summed E-state index contributed by atoms with van der Waals surface area (Å²) in [4.78, 5) is 92.2. The van der Waals surface area contributed by atoms with Crippen molar-refractivity contribution in [3.05, 3.63) is 60.2 Å². The maximum Gasteiger partial charge on any atom is 0.338 e. The van der Waals surface area contributed by atoms with Gasteiger partial charge in [0, 0.05) is 57.9 Å². The first-order valence-electron chi connectivity index (χ1n) is 16.3. The maximum absolute atomic E-state index is 14.8. The van der Waals surface area contributed by atoms with Crippen LogP contribution < -0.4 is 0 Å². The fourth-order valence-electron chi connectivity index (χ4n) is 6.91. The molecule has 0 aromatic heterocycles. The van der Waals surface area contributed by atoms with Gasteiger partial charge in [0.25, 0.3) is 0 Å². The molecule has 0 amide bonds. The zero-order chi connectivity index (χ0) is 38.6. The molecule has 2 aliphatic carbocycles. The van der Waals surface area contributed by atoms with Gasteiger partial charge in [-0.2, -0.15) is 0 Å². The Hall–Kier alpha value is -4.85. The Bertz CT molecular complexity index is 1590. The summed E-state index contributed by atoms with van der Waals surface area (Å²) in [5.74, 6) is -9.10. The molecule has 0 radical (unpaired) electrons. The number of hydrogen-bond donors (Lipinski definition) is 1. The molecule has 1 aromatic carbocycles. The number of carbonyl (C=O) groups excluding carboxylic acids is 7. The van der Waals surface area contributed by atoms with E-state index in [4.69, 9.17) is 28.4 Å². The highest BCUT2D eigenvalue weighted by Crippen LogP contribution is 2.53. The predicted molar refractivity (Wildman–Crippen MR) is 177 cm³/mol. The molecule has 1 aromatic rings. The third kappa shape index (κ3) is 9.09. The van der Waals surface area contributed by atoms with Gasteiger partial charge in [0.1, 0.15) is 17.8 Å². The fraction of sp³-hybridized carbons (Fsp3) is 0.541. The van der Waals surface area contributed by atoms with Crippen LogP contribution in [-0.4, -0.2) is 88.4 Å². The first-order valence-corrected chi connectivity index (χ1v) is 16.3. The highest BCUT2D eigenvalue weighted by molar-refractivity contribution is 5.94. The molecule has 1 N–H and O–H groups in total. The van der Waals surface area contributed by atoms with Crippen LogP contribution in [0.4, 0.5) is 0 Å². The van der Waals surface area contributed by atoms with Crippen molar-refractivity contribution in [2.24, 2.45) is 17.3 Å². The summed E-state index contributed by atoms with van der Waals surface area (Å²) in [6.07, 6.45) is -6.14. The molecule has 278 valence electrons. The first-order chi connectivity index (χ1) is 23.5. The highest BCUT2D eigenvalue weighted by atomic mass is 16.6. The van der Waals surface area contributed by atoms with Crippen molar-refractivity contribution in [1.82, 2.24) is 0 Å². The largest absolute Gasteiger partial charge is 0.459 e. The van der Waals surface area contributed by atoms with Crippen LogP contribution in [-0.2, 0) is 57.2 Å². The van der Waals surface area contributed by atoms with Gasteiger partial charge >= 0.3 is 35.8 Å². The molecule has 14 nitrogen and oxygen atoms in total. The van der Waals surface area contributed by atoms with E-state index in [9.17, 15) is 38.7 Å². The fourth-order valence-corrected chi connectivity index (χ4v) is 6.91. The summed E-state index contributed by atoms with van der Waals surface area (Å²) >= 11 is 0. The molecule has 0 spiro atoms. The van der Waals surface area contributed by atoms with Crippen molar-refractivity contribution < 1.29 is 67.1 Å². The van der Waals surface area contributed by atoms with E-state index in [1.807, 2.05) is 0 Å². The third-order valence-corrected chi connectivity index (χ3v) is 8.88. The molecule has 1 saturated carbocycles. The summed E-state index contributed by atoms with van der Waals surface area (Å²) in [6, 6.07) is 7.61.